The van der Waals surface area contributed by atoms with Crippen molar-refractivity contribution in [3.05, 3.63) is 66.0 Å². The molecular weight excluding hydrogens is 323 g/mol. The molecule has 0 aliphatic heterocycles. The highest BCUT2D eigenvalue weighted by Gasteiger charge is 2.16. The van der Waals surface area contributed by atoms with Crippen LogP contribution in [0.4, 0.5) is 14.9 Å². The number of rotatable bonds is 7. The van der Waals surface area contributed by atoms with Crippen molar-refractivity contribution in [2.45, 2.75) is 19.9 Å². The summed E-state index contributed by atoms with van der Waals surface area (Å²) in [7, 11) is 0. The summed E-state index contributed by atoms with van der Waals surface area (Å²) in [6, 6.07) is 14.6. The van der Waals surface area contributed by atoms with Crippen LogP contribution in [0.2, 0.25) is 0 Å². The Morgan fingerprint density at radius 3 is 2.40 bits per heavy atom. The minimum Gasteiger partial charge on any atom is -0.466 e. The van der Waals surface area contributed by atoms with Gasteiger partial charge >= 0.3 is 12.0 Å². The molecule has 132 valence electrons. The third-order valence-electron chi connectivity index (χ3n) is 3.49. The first kappa shape index (κ1) is 18.4. The fraction of sp³-hybridized carbons (Fsp3) is 0.263. The average Bonchev–Trinajstić information content (AvgIpc) is 2.61. The number of urea groups is 1. The fourth-order valence-electron chi connectivity index (χ4n) is 2.25. The largest absolute Gasteiger partial charge is 0.466 e. The van der Waals surface area contributed by atoms with Crippen LogP contribution in [0.5, 0.6) is 0 Å². The van der Waals surface area contributed by atoms with E-state index in [1.54, 1.807) is 31.2 Å². The van der Waals surface area contributed by atoms with E-state index in [1.165, 1.54) is 17.0 Å². The highest BCUT2D eigenvalue weighted by atomic mass is 19.1. The number of nitrogens with one attached hydrogen (secondary N) is 1. The van der Waals surface area contributed by atoms with Crippen molar-refractivity contribution in [2.75, 3.05) is 18.5 Å². The quantitative estimate of drug-likeness (QED) is 0.777. The molecule has 0 aliphatic rings. The van der Waals surface area contributed by atoms with E-state index in [-0.39, 0.29) is 37.3 Å². The number of anilines is 1. The Bertz CT molecular complexity index is 690. The molecule has 0 radical (unpaired) electrons. The molecule has 5 nitrogen and oxygen atoms in total. The van der Waals surface area contributed by atoms with Crippen LogP contribution in [-0.2, 0) is 16.1 Å². The van der Waals surface area contributed by atoms with Crippen LogP contribution in [0.1, 0.15) is 18.9 Å². The van der Waals surface area contributed by atoms with Crippen LogP contribution >= 0.6 is 0 Å². The van der Waals surface area contributed by atoms with Gasteiger partial charge in [-0.15, -0.1) is 0 Å². The Balaban J connectivity index is 2.05. The Labute approximate surface area is 146 Å². The maximum Gasteiger partial charge on any atom is 0.322 e. The molecule has 1 N–H and O–H groups in total. The lowest BCUT2D eigenvalue weighted by molar-refractivity contribution is -0.143. The second-order valence-electron chi connectivity index (χ2n) is 5.40. The molecule has 0 saturated heterocycles. The molecule has 2 amide bonds. The number of amides is 2. The van der Waals surface area contributed by atoms with E-state index in [1.807, 2.05) is 18.2 Å². The molecule has 0 aromatic heterocycles. The summed E-state index contributed by atoms with van der Waals surface area (Å²) in [6.45, 7) is 2.50. The minimum atomic E-state index is -0.362. The summed E-state index contributed by atoms with van der Waals surface area (Å²) in [4.78, 5) is 25.6. The number of para-hydroxylation sites is 1. The number of esters is 1. The van der Waals surface area contributed by atoms with Crippen molar-refractivity contribution in [3.63, 3.8) is 0 Å². The van der Waals surface area contributed by atoms with Crippen LogP contribution in [-0.4, -0.2) is 30.1 Å². The van der Waals surface area contributed by atoms with Gasteiger partial charge < -0.3 is 15.0 Å². The zero-order chi connectivity index (χ0) is 18.1. The van der Waals surface area contributed by atoms with E-state index in [9.17, 15) is 14.0 Å². The molecule has 0 atom stereocenters. The van der Waals surface area contributed by atoms with Crippen LogP contribution in [0.3, 0.4) is 0 Å². The maximum atomic E-state index is 13.1. The SMILES string of the molecule is CCOC(=O)CCN(Cc1ccc(F)cc1)C(=O)Nc1ccccc1. The topological polar surface area (TPSA) is 58.6 Å². The van der Waals surface area contributed by atoms with Crippen molar-refractivity contribution in [3.8, 4) is 0 Å². The Hall–Kier alpha value is -2.89. The van der Waals surface area contributed by atoms with Crippen LogP contribution in [0, 0.1) is 5.82 Å². The number of ether oxygens (including phenoxy) is 1. The van der Waals surface area contributed by atoms with Gasteiger partial charge in [0.25, 0.3) is 0 Å². The van der Waals surface area contributed by atoms with E-state index < -0.39 is 0 Å². The molecule has 2 rings (SSSR count). The smallest absolute Gasteiger partial charge is 0.322 e. The first-order chi connectivity index (χ1) is 12.1. The van der Waals surface area contributed by atoms with Gasteiger partial charge in [0.2, 0.25) is 0 Å². The monoisotopic (exact) mass is 344 g/mol. The Morgan fingerprint density at radius 2 is 1.76 bits per heavy atom. The van der Waals surface area contributed by atoms with Gasteiger partial charge in [-0.1, -0.05) is 30.3 Å². The van der Waals surface area contributed by atoms with Gasteiger partial charge in [-0.05, 0) is 36.8 Å². The summed E-state index contributed by atoms with van der Waals surface area (Å²) >= 11 is 0. The van der Waals surface area contributed by atoms with Crippen molar-refractivity contribution >= 4 is 17.7 Å². The van der Waals surface area contributed by atoms with Crippen LogP contribution < -0.4 is 5.32 Å². The average molecular weight is 344 g/mol. The van der Waals surface area contributed by atoms with E-state index in [0.29, 0.717) is 12.3 Å². The van der Waals surface area contributed by atoms with Gasteiger partial charge in [-0.25, -0.2) is 9.18 Å². The van der Waals surface area contributed by atoms with E-state index in [2.05, 4.69) is 5.32 Å². The second-order valence-corrected chi connectivity index (χ2v) is 5.40. The number of hydrogen-bond donors (Lipinski definition) is 1. The predicted octanol–water partition coefficient (Wildman–Crippen LogP) is 3.81. The van der Waals surface area contributed by atoms with Crippen LogP contribution in [0.25, 0.3) is 0 Å². The Kier molecular flexibility index (Phi) is 6.95. The van der Waals surface area contributed by atoms with Crippen molar-refractivity contribution < 1.29 is 18.7 Å². The molecule has 0 aliphatic carbocycles. The number of carbonyl (C=O) groups excluding carboxylic acids is 2. The summed E-state index contributed by atoms with van der Waals surface area (Å²) in [5, 5.41) is 2.79. The van der Waals surface area contributed by atoms with E-state index >= 15 is 0 Å². The molecule has 0 saturated carbocycles. The highest BCUT2D eigenvalue weighted by molar-refractivity contribution is 5.89. The van der Waals surface area contributed by atoms with Crippen molar-refractivity contribution in [2.24, 2.45) is 0 Å². The zero-order valence-corrected chi connectivity index (χ0v) is 14.1. The number of carbonyl (C=O) groups is 2. The molecule has 0 heterocycles. The number of hydrogen-bond acceptors (Lipinski definition) is 3. The highest BCUT2D eigenvalue weighted by Crippen LogP contribution is 2.11. The summed E-state index contributed by atoms with van der Waals surface area (Å²) in [5.74, 6) is -0.699. The van der Waals surface area contributed by atoms with E-state index in [4.69, 9.17) is 4.74 Å². The van der Waals surface area contributed by atoms with Gasteiger partial charge in [0.1, 0.15) is 5.82 Å². The van der Waals surface area contributed by atoms with Gasteiger partial charge in [0.05, 0.1) is 13.0 Å². The molecule has 6 heteroatoms. The molecule has 0 bridgehead atoms. The fourth-order valence-corrected chi connectivity index (χ4v) is 2.25. The predicted molar refractivity (Wildman–Crippen MR) is 93.5 cm³/mol. The Morgan fingerprint density at radius 1 is 1.08 bits per heavy atom. The van der Waals surface area contributed by atoms with Gasteiger partial charge in [-0.3, -0.25) is 4.79 Å². The normalized spacial score (nSPS) is 10.2. The van der Waals surface area contributed by atoms with E-state index in [0.717, 1.165) is 5.56 Å². The lowest BCUT2D eigenvalue weighted by Crippen LogP contribution is -2.36. The standard InChI is InChI=1S/C19H21FN2O3/c1-2-25-18(23)12-13-22(14-15-8-10-16(20)11-9-15)19(24)21-17-6-4-3-5-7-17/h3-11H,2,12-14H2,1H3,(H,21,24). The second kappa shape index (κ2) is 9.42. The number of benzene rings is 2. The van der Waals surface area contributed by atoms with Gasteiger partial charge in [0, 0.05) is 18.8 Å². The summed E-state index contributed by atoms with van der Waals surface area (Å²) < 4.78 is 18.0. The molecule has 2 aromatic rings. The molecule has 2 aromatic carbocycles. The maximum absolute atomic E-state index is 13.1. The van der Waals surface area contributed by atoms with Crippen LogP contribution in [0.15, 0.2) is 54.6 Å². The lowest BCUT2D eigenvalue weighted by Gasteiger charge is -2.23. The first-order valence-corrected chi connectivity index (χ1v) is 8.09. The van der Waals surface area contributed by atoms with Crippen molar-refractivity contribution in [1.82, 2.24) is 4.90 Å². The van der Waals surface area contributed by atoms with Gasteiger partial charge in [-0.2, -0.15) is 0 Å². The van der Waals surface area contributed by atoms with Gasteiger partial charge in [0.15, 0.2) is 0 Å². The zero-order valence-electron chi connectivity index (χ0n) is 14.1. The minimum absolute atomic E-state index is 0.0945. The molecule has 0 spiro atoms. The molecule has 0 unspecified atom stereocenters. The number of nitrogens with zero attached hydrogens (tertiary/aromatic N) is 1. The first-order valence-electron chi connectivity index (χ1n) is 8.09. The van der Waals surface area contributed by atoms with Crippen molar-refractivity contribution in [1.29, 1.82) is 0 Å². The lowest BCUT2D eigenvalue weighted by atomic mass is 10.2. The number of halogens is 1. The third kappa shape index (κ3) is 6.25. The third-order valence-corrected chi connectivity index (χ3v) is 3.49. The summed E-state index contributed by atoms with van der Waals surface area (Å²) in [6.07, 6.45) is 0.0945. The molecule has 0 fully saturated rings. The molecule has 25 heavy (non-hydrogen) atoms. The summed E-state index contributed by atoms with van der Waals surface area (Å²) in [5.41, 5.74) is 1.43. The molecular formula is C19H21FN2O3.